The van der Waals surface area contributed by atoms with E-state index in [2.05, 4.69) is 82.9 Å². The molecule has 0 spiro atoms. The maximum Gasteiger partial charge on any atom is 0.168 e. The molecule has 1 unspecified atom stereocenters. The van der Waals surface area contributed by atoms with Crippen molar-refractivity contribution in [3.05, 3.63) is 77.7 Å². The molecule has 2 aliphatic carbocycles. The van der Waals surface area contributed by atoms with Crippen LogP contribution in [0.3, 0.4) is 0 Å². The van der Waals surface area contributed by atoms with E-state index in [9.17, 15) is 9.90 Å². The van der Waals surface area contributed by atoms with Crippen LogP contribution in [-0.4, -0.2) is 15.9 Å². The number of fused-ring (bicyclic) bond motifs is 2. The van der Waals surface area contributed by atoms with E-state index in [1.54, 1.807) is 0 Å². The van der Waals surface area contributed by atoms with E-state index in [1.807, 2.05) is 24.4 Å². The number of hydrogen-bond acceptors (Lipinski definition) is 3. The molecular formula is C36H46IrNO2-. The molecule has 2 aliphatic rings. The van der Waals surface area contributed by atoms with Gasteiger partial charge in [0.05, 0.1) is 0 Å². The first-order valence-corrected chi connectivity index (χ1v) is 15.1. The summed E-state index contributed by atoms with van der Waals surface area (Å²) in [6.07, 6.45) is 9.88. The molecule has 5 rings (SSSR count). The van der Waals surface area contributed by atoms with Crippen molar-refractivity contribution in [3.8, 4) is 11.3 Å². The Morgan fingerprint density at radius 2 is 1.48 bits per heavy atom. The number of benzene rings is 2. The van der Waals surface area contributed by atoms with E-state index in [0.717, 1.165) is 68.2 Å². The van der Waals surface area contributed by atoms with Gasteiger partial charge in [-0.2, -0.15) is 0 Å². The Hall–Kier alpha value is -2.29. The minimum atomic E-state index is -0.204. The molecule has 1 radical (unpaired) electrons. The van der Waals surface area contributed by atoms with Crippen LogP contribution in [0.4, 0.5) is 0 Å². The number of aromatic nitrogens is 1. The van der Waals surface area contributed by atoms with Crippen LogP contribution in [0.15, 0.2) is 66.1 Å². The van der Waals surface area contributed by atoms with Crippen LogP contribution in [0.25, 0.3) is 22.0 Å². The number of Topliss-reactive ketones (excluding diaryl/α,β-unsaturated/α-hetero) is 1. The Morgan fingerprint density at radius 3 is 2.02 bits per heavy atom. The molecule has 1 N–H and O–H groups in total. The van der Waals surface area contributed by atoms with Gasteiger partial charge in [0.1, 0.15) is 5.76 Å². The minimum Gasteiger partial charge on any atom is -0.511 e. The molecule has 1 heterocycles. The third-order valence-corrected chi connectivity index (χ3v) is 9.95. The summed E-state index contributed by atoms with van der Waals surface area (Å²) in [5, 5.41) is 13.4. The van der Waals surface area contributed by atoms with Gasteiger partial charge in [-0.25, -0.2) is 0 Å². The van der Waals surface area contributed by atoms with Crippen molar-refractivity contribution in [2.24, 2.45) is 16.7 Å². The van der Waals surface area contributed by atoms with Gasteiger partial charge in [0.15, 0.2) is 5.78 Å². The zero-order chi connectivity index (χ0) is 28.2. The largest absolute Gasteiger partial charge is 0.511 e. The average Bonchev–Trinajstić information content (AvgIpc) is 2.98. The van der Waals surface area contributed by atoms with Gasteiger partial charge in [0.25, 0.3) is 0 Å². The minimum absolute atomic E-state index is 0. The van der Waals surface area contributed by atoms with Crippen molar-refractivity contribution in [2.45, 2.75) is 98.8 Å². The number of pyridine rings is 1. The van der Waals surface area contributed by atoms with Crippen LogP contribution >= 0.6 is 0 Å². The molecule has 40 heavy (non-hydrogen) atoms. The first-order valence-electron chi connectivity index (χ1n) is 15.1. The van der Waals surface area contributed by atoms with E-state index in [1.165, 1.54) is 16.3 Å². The van der Waals surface area contributed by atoms with Crippen molar-refractivity contribution in [1.82, 2.24) is 4.98 Å². The first kappa shape index (κ1) is 32.2. The number of carbonyl (C=O) groups is 1. The van der Waals surface area contributed by atoms with Crippen LogP contribution in [-0.2, 0) is 24.9 Å². The fourth-order valence-electron chi connectivity index (χ4n) is 6.92. The van der Waals surface area contributed by atoms with Crippen molar-refractivity contribution < 1.29 is 30.0 Å². The molecule has 1 atom stereocenters. The predicted molar refractivity (Wildman–Crippen MR) is 163 cm³/mol. The molecule has 1 aromatic heterocycles. The normalized spacial score (nSPS) is 19.5. The summed E-state index contributed by atoms with van der Waals surface area (Å²) >= 11 is 0. The van der Waals surface area contributed by atoms with Gasteiger partial charge < -0.3 is 10.1 Å². The summed E-state index contributed by atoms with van der Waals surface area (Å²) < 4.78 is 0. The molecule has 1 fully saturated rings. The summed E-state index contributed by atoms with van der Waals surface area (Å²) in [6.45, 7) is 12.9. The fourth-order valence-corrected chi connectivity index (χ4v) is 6.92. The van der Waals surface area contributed by atoms with Gasteiger partial charge in [-0.15, -0.1) is 35.9 Å². The molecule has 0 aliphatic heterocycles. The molecule has 4 heteroatoms. The van der Waals surface area contributed by atoms with Gasteiger partial charge >= 0.3 is 0 Å². The fraction of sp³-hybridized carbons (Fsp3) is 0.500. The summed E-state index contributed by atoms with van der Waals surface area (Å²) in [7, 11) is 0. The molecule has 0 amide bonds. The van der Waals surface area contributed by atoms with Crippen molar-refractivity contribution in [2.75, 3.05) is 0 Å². The zero-order valence-corrected chi connectivity index (χ0v) is 27.5. The van der Waals surface area contributed by atoms with Gasteiger partial charge in [-0.1, -0.05) is 65.8 Å². The van der Waals surface area contributed by atoms with Crippen LogP contribution < -0.4 is 0 Å². The Morgan fingerprint density at radius 1 is 0.900 bits per heavy atom. The Labute approximate surface area is 255 Å². The monoisotopic (exact) mass is 717 g/mol. The Balaban J connectivity index is 0.000000215. The summed E-state index contributed by atoms with van der Waals surface area (Å²) in [5.41, 5.74) is 3.84. The first-order chi connectivity index (χ1) is 18.8. The number of rotatable bonds is 6. The smallest absolute Gasteiger partial charge is 0.168 e. The molecule has 3 nitrogen and oxygen atoms in total. The Kier molecular flexibility index (Phi) is 10.9. The molecule has 217 valence electrons. The van der Waals surface area contributed by atoms with E-state index >= 15 is 0 Å². The number of nitrogens with zero attached hydrogens (tertiary/aromatic N) is 1. The average molecular weight is 717 g/mol. The maximum atomic E-state index is 13.1. The molecular weight excluding hydrogens is 671 g/mol. The van der Waals surface area contributed by atoms with E-state index in [0.29, 0.717) is 17.6 Å². The summed E-state index contributed by atoms with van der Waals surface area (Å²) in [6, 6.07) is 19.7. The van der Waals surface area contributed by atoms with Gasteiger partial charge in [0, 0.05) is 42.7 Å². The van der Waals surface area contributed by atoms with Crippen molar-refractivity contribution in [3.63, 3.8) is 0 Å². The SMILES string of the molecule is CC(C)c1cnc(-c2[c-]cccc2)c2ccccc12.CCC1(CC)CCC2CCC(CC)(CC)C(O)=C2C1=O.[Ir]. The summed E-state index contributed by atoms with van der Waals surface area (Å²) in [5.74, 6) is 1.52. The molecule has 0 saturated heterocycles. The maximum absolute atomic E-state index is 13.1. The summed E-state index contributed by atoms with van der Waals surface area (Å²) in [4.78, 5) is 17.7. The van der Waals surface area contributed by atoms with E-state index in [-0.39, 0.29) is 36.7 Å². The van der Waals surface area contributed by atoms with Gasteiger partial charge in [0.2, 0.25) is 0 Å². The van der Waals surface area contributed by atoms with Crippen molar-refractivity contribution >= 4 is 16.6 Å². The number of ketones is 1. The topological polar surface area (TPSA) is 50.2 Å². The molecule has 3 aromatic rings. The number of aliphatic hydroxyl groups excluding tert-OH is 1. The number of allylic oxidation sites excluding steroid dienone is 2. The second-order valence-electron chi connectivity index (χ2n) is 11.9. The molecule has 0 bridgehead atoms. The van der Waals surface area contributed by atoms with Gasteiger partial charge in [-0.05, 0) is 85.2 Å². The predicted octanol–water partition coefficient (Wildman–Crippen LogP) is 10.0. The number of aliphatic hydroxyl groups is 1. The van der Waals surface area contributed by atoms with Crippen LogP contribution in [0.5, 0.6) is 0 Å². The van der Waals surface area contributed by atoms with Crippen LogP contribution in [0, 0.1) is 22.8 Å². The molecule has 2 aromatic carbocycles. The third-order valence-electron chi connectivity index (χ3n) is 9.95. The zero-order valence-electron chi connectivity index (χ0n) is 25.1. The van der Waals surface area contributed by atoms with E-state index < -0.39 is 0 Å². The second-order valence-corrected chi connectivity index (χ2v) is 11.9. The molecule has 1 saturated carbocycles. The van der Waals surface area contributed by atoms with Crippen LogP contribution in [0.1, 0.15) is 104 Å². The Bertz CT molecular complexity index is 1320. The van der Waals surface area contributed by atoms with Crippen molar-refractivity contribution in [1.29, 1.82) is 0 Å². The van der Waals surface area contributed by atoms with Gasteiger partial charge in [-0.3, -0.25) is 4.79 Å². The van der Waals surface area contributed by atoms with E-state index in [4.69, 9.17) is 0 Å². The second kappa shape index (κ2) is 13.6. The standard InChI is InChI=1S/C18H16N.C18H30O2.Ir/c1-13(2)17-12-19-18(14-8-4-3-5-9-14)16-11-7-6-10-15(16)17;1-5-17(6-2)11-9-13-10-12-18(7-3,8-4)16(20)14(13)15(17)19;/h3-8,10-13H,1-2H3;13,19H,5-12H2,1-4H3;/q-1;;. The quantitative estimate of drug-likeness (QED) is 0.259. The third kappa shape index (κ3) is 5.86. The van der Waals surface area contributed by atoms with Crippen LogP contribution in [0.2, 0.25) is 0 Å². The number of hydrogen-bond donors (Lipinski definition) is 1. The number of carbonyl (C=O) groups excluding carboxylic acids is 1.